The van der Waals surface area contributed by atoms with Gasteiger partial charge in [-0.25, -0.2) is 4.39 Å². The zero-order valence-electron chi connectivity index (χ0n) is 16.9. The molecular formula is C25H21FN4S. The lowest BCUT2D eigenvalue weighted by atomic mass is 10.0. The first-order valence-corrected chi connectivity index (χ1v) is 10.5. The van der Waals surface area contributed by atoms with E-state index in [-0.39, 0.29) is 17.9 Å². The van der Waals surface area contributed by atoms with E-state index in [4.69, 9.17) is 12.2 Å². The van der Waals surface area contributed by atoms with Crippen molar-refractivity contribution >= 4 is 23.0 Å². The standard InChI is InChI=1S/C25H21FN4S/c1-17-7-11-19(12-8-17)29-16-4-6-22(29)24-23(21-5-2-3-15-27-21)28-25(31)30(24)20-13-9-18(26)10-14-20/h2-16,23-24H,1H3,(H,28,31)/t23-,24+/m1/s1. The first-order valence-electron chi connectivity index (χ1n) is 10.1. The fourth-order valence-corrected chi connectivity index (χ4v) is 4.46. The van der Waals surface area contributed by atoms with Crippen LogP contribution < -0.4 is 10.2 Å². The summed E-state index contributed by atoms with van der Waals surface area (Å²) in [5.74, 6) is -0.275. The number of hydrogen-bond acceptors (Lipinski definition) is 2. The first kappa shape index (κ1) is 19.5. The molecule has 2 aromatic carbocycles. The molecule has 0 bridgehead atoms. The molecule has 0 spiro atoms. The van der Waals surface area contributed by atoms with Crippen molar-refractivity contribution < 1.29 is 4.39 Å². The van der Waals surface area contributed by atoms with Gasteiger partial charge in [-0.05, 0) is 79.8 Å². The Bertz CT molecular complexity index is 1200. The zero-order chi connectivity index (χ0) is 21.4. The van der Waals surface area contributed by atoms with E-state index in [1.165, 1.54) is 17.7 Å². The molecule has 5 rings (SSSR count). The molecule has 3 heterocycles. The van der Waals surface area contributed by atoms with E-state index in [0.29, 0.717) is 5.11 Å². The maximum Gasteiger partial charge on any atom is 0.174 e. The molecule has 1 fully saturated rings. The third kappa shape index (κ3) is 3.59. The molecule has 0 aliphatic carbocycles. The third-order valence-electron chi connectivity index (χ3n) is 5.60. The predicted octanol–water partition coefficient (Wildman–Crippen LogP) is 5.50. The molecule has 0 unspecified atom stereocenters. The Hall–Kier alpha value is -3.51. The topological polar surface area (TPSA) is 33.1 Å². The Balaban J connectivity index is 1.66. The van der Waals surface area contributed by atoms with Gasteiger partial charge in [0.15, 0.2) is 5.11 Å². The minimum absolute atomic E-state index is 0.155. The molecule has 2 atom stereocenters. The SMILES string of the molecule is Cc1ccc(-n2cccc2[C@H]2[C@@H](c3ccccn3)NC(=S)N2c2ccc(F)cc2)cc1. The van der Waals surface area contributed by atoms with E-state index < -0.39 is 0 Å². The van der Waals surface area contributed by atoms with Crippen molar-refractivity contribution in [2.75, 3.05) is 4.90 Å². The van der Waals surface area contributed by atoms with E-state index in [9.17, 15) is 4.39 Å². The lowest BCUT2D eigenvalue weighted by molar-refractivity contribution is 0.549. The van der Waals surface area contributed by atoms with E-state index in [1.807, 2.05) is 29.2 Å². The van der Waals surface area contributed by atoms with Crippen LogP contribution in [-0.4, -0.2) is 14.7 Å². The second kappa shape index (κ2) is 7.96. The summed E-state index contributed by atoms with van der Waals surface area (Å²) in [6.45, 7) is 2.08. The summed E-state index contributed by atoms with van der Waals surface area (Å²) in [7, 11) is 0. The molecule has 1 aliphatic heterocycles. The Labute approximate surface area is 186 Å². The number of nitrogens with zero attached hydrogens (tertiary/aromatic N) is 3. The maximum absolute atomic E-state index is 13.6. The van der Waals surface area contributed by atoms with Gasteiger partial charge in [-0.15, -0.1) is 0 Å². The molecule has 4 nitrogen and oxygen atoms in total. The summed E-state index contributed by atoms with van der Waals surface area (Å²) >= 11 is 5.74. The number of nitrogens with one attached hydrogen (secondary N) is 1. The molecule has 4 aromatic rings. The molecule has 154 valence electrons. The van der Waals surface area contributed by atoms with Crippen molar-refractivity contribution in [1.29, 1.82) is 0 Å². The predicted molar refractivity (Wildman–Crippen MR) is 125 cm³/mol. The van der Waals surface area contributed by atoms with Crippen LogP contribution in [0, 0.1) is 12.7 Å². The van der Waals surface area contributed by atoms with Crippen molar-refractivity contribution in [1.82, 2.24) is 14.9 Å². The van der Waals surface area contributed by atoms with Gasteiger partial charge in [0.1, 0.15) is 11.9 Å². The number of thiocarbonyl (C=S) groups is 1. The van der Waals surface area contributed by atoms with Crippen molar-refractivity contribution in [2.24, 2.45) is 0 Å². The van der Waals surface area contributed by atoms with Crippen LogP contribution in [0.5, 0.6) is 0 Å². The van der Waals surface area contributed by atoms with Crippen LogP contribution in [0.25, 0.3) is 5.69 Å². The Morgan fingerprint density at radius 2 is 1.65 bits per heavy atom. The molecule has 0 saturated carbocycles. The van der Waals surface area contributed by atoms with Gasteiger partial charge in [-0.1, -0.05) is 23.8 Å². The van der Waals surface area contributed by atoms with Gasteiger partial charge in [0.25, 0.3) is 0 Å². The second-order valence-corrected chi connectivity index (χ2v) is 8.00. The van der Waals surface area contributed by atoms with Crippen LogP contribution in [0.1, 0.15) is 29.0 Å². The number of benzene rings is 2. The first-order chi connectivity index (χ1) is 15.1. The minimum atomic E-state index is -0.275. The number of anilines is 1. The van der Waals surface area contributed by atoms with Gasteiger partial charge in [-0.2, -0.15) is 0 Å². The summed E-state index contributed by atoms with van der Waals surface area (Å²) in [6, 6.07) is 24.6. The van der Waals surface area contributed by atoms with Crippen LogP contribution in [0.15, 0.2) is 91.3 Å². The van der Waals surface area contributed by atoms with E-state index >= 15 is 0 Å². The maximum atomic E-state index is 13.6. The molecule has 0 radical (unpaired) electrons. The van der Waals surface area contributed by atoms with Crippen molar-refractivity contribution in [3.63, 3.8) is 0 Å². The molecule has 6 heteroatoms. The molecule has 1 saturated heterocycles. The van der Waals surface area contributed by atoms with Gasteiger partial charge in [0, 0.05) is 29.5 Å². The van der Waals surface area contributed by atoms with Crippen LogP contribution in [0.2, 0.25) is 0 Å². The monoisotopic (exact) mass is 428 g/mol. The van der Waals surface area contributed by atoms with E-state index in [1.54, 1.807) is 18.3 Å². The molecular weight excluding hydrogens is 407 g/mol. The van der Waals surface area contributed by atoms with Gasteiger partial charge in [0.05, 0.1) is 11.7 Å². The number of rotatable bonds is 4. The highest BCUT2D eigenvalue weighted by Crippen LogP contribution is 2.42. The number of aromatic nitrogens is 2. The highest BCUT2D eigenvalue weighted by Gasteiger charge is 2.42. The van der Waals surface area contributed by atoms with Crippen molar-refractivity contribution in [2.45, 2.75) is 19.0 Å². The summed E-state index contributed by atoms with van der Waals surface area (Å²) in [4.78, 5) is 6.64. The third-order valence-corrected chi connectivity index (χ3v) is 5.91. The van der Waals surface area contributed by atoms with Gasteiger partial charge in [-0.3, -0.25) is 4.98 Å². The number of hydrogen-bond donors (Lipinski definition) is 1. The minimum Gasteiger partial charge on any atom is -0.351 e. The van der Waals surface area contributed by atoms with Crippen LogP contribution in [-0.2, 0) is 0 Å². The van der Waals surface area contributed by atoms with E-state index in [0.717, 1.165) is 22.8 Å². The Morgan fingerprint density at radius 1 is 0.903 bits per heavy atom. The van der Waals surface area contributed by atoms with Gasteiger partial charge >= 0.3 is 0 Å². The smallest absolute Gasteiger partial charge is 0.174 e. The van der Waals surface area contributed by atoms with Crippen molar-refractivity contribution in [3.05, 3.63) is 114 Å². The quantitative estimate of drug-likeness (QED) is 0.435. The number of pyridine rings is 1. The summed E-state index contributed by atoms with van der Waals surface area (Å²) in [5, 5.41) is 4.03. The van der Waals surface area contributed by atoms with Gasteiger partial charge in [0.2, 0.25) is 0 Å². The summed E-state index contributed by atoms with van der Waals surface area (Å²) in [5.41, 5.74) is 5.08. The molecule has 0 amide bonds. The average molecular weight is 429 g/mol. The normalized spacial score (nSPS) is 18.3. The fourth-order valence-electron chi connectivity index (χ4n) is 4.11. The molecule has 31 heavy (non-hydrogen) atoms. The Morgan fingerprint density at radius 3 is 2.35 bits per heavy atom. The van der Waals surface area contributed by atoms with E-state index in [2.05, 4.69) is 58.3 Å². The lowest BCUT2D eigenvalue weighted by Gasteiger charge is -2.29. The zero-order valence-corrected chi connectivity index (χ0v) is 17.8. The van der Waals surface area contributed by atoms with Crippen LogP contribution >= 0.6 is 12.2 Å². The van der Waals surface area contributed by atoms with Crippen LogP contribution in [0.3, 0.4) is 0 Å². The molecule has 1 N–H and O–H groups in total. The second-order valence-electron chi connectivity index (χ2n) is 7.61. The van der Waals surface area contributed by atoms with Crippen molar-refractivity contribution in [3.8, 4) is 5.69 Å². The molecule has 1 aliphatic rings. The highest BCUT2D eigenvalue weighted by molar-refractivity contribution is 7.80. The lowest BCUT2D eigenvalue weighted by Crippen LogP contribution is -2.30. The van der Waals surface area contributed by atoms with Crippen LogP contribution in [0.4, 0.5) is 10.1 Å². The summed E-state index contributed by atoms with van der Waals surface area (Å²) in [6.07, 6.45) is 3.84. The average Bonchev–Trinajstić information content (AvgIpc) is 3.40. The number of halogens is 1. The Kier molecular flexibility index (Phi) is 5.00. The fraction of sp³-hybridized carbons (Fsp3) is 0.120. The number of aryl methyl sites for hydroxylation is 1. The largest absolute Gasteiger partial charge is 0.351 e. The molecule has 2 aromatic heterocycles. The highest BCUT2D eigenvalue weighted by atomic mass is 32.1. The van der Waals surface area contributed by atoms with Gasteiger partial charge < -0.3 is 14.8 Å². The summed E-state index contributed by atoms with van der Waals surface area (Å²) < 4.78 is 15.8.